The van der Waals surface area contributed by atoms with Gasteiger partial charge < -0.3 is 5.11 Å². The lowest BCUT2D eigenvalue weighted by Crippen LogP contribution is -2.06. The van der Waals surface area contributed by atoms with E-state index in [9.17, 15) is 23.3 Å². The lowest BCUT2D eigenvalue weighted by Gasteiger charge is -2.09. The van der Waals surface area contributed by atoms with E-state index in [-0.39, 0.29) is 4.47 Å². The average Bonchev–Trinajstić information content (AvgIpc) is 2.06. The molecule has 0 aliphatic carbocycles. The van der Waals surface area contributed by atoms with Crippen LogP contribution in [0.3, 0.4) is 0 Å². The number of nitrogens with zero attached hydrogens (tertiary/aromatic N) is 1. The summed E-state index contributed by atoms with van der Waals surface area (Å²) in [6, 6.07) is 1.37. The molecule has 1 N–H and O–H groups in total. The van der Waals surface area contributed by atoms with Gasteiger partial charge >= 0.3 is 11.9 Å². The smallest absolute Gasteiger partial charge is 0.420 e. The first-order chi connectivity index (χ1) is 6.73. The summed E-state index contributed by atoms with van der Waals surface area (Å²) in [6.07, 6.45) is -4.83. The Morgan fingerprint density at radius 2 is 1.93 bits per heavy atom. The molecule has 0 bridgehead atoms. The van der Waals surface area contributed by atoms with E-state index < -0.39 is 28.1 Å². The number of phenols is 1. The van der Waals surface area contributed by atoms with Crippen LogP contribution in [-0.2, 0) is 6.18 Å². The number of hydrogen-bond acceptors (Lipinski definition) is 3. The molecule has 0 radical (unpaired) electrons. The molecule has 0 heterocycles. The maximum atomic E-state index is 12.3. The Morgan fingerprint density at radius 3 is 2.33 bits per heavy atom. The summed E-state index contributed by atoms with van der Waals surface area (Å²) in [7, 11) is 0. The molecule has 0 aromatic heterocycles. The molecular weight excluding hydrogens is 283 g/mol. The molecule has 0 saturated heterocycles. The predicted molar refractivity (Wildman–Crippen MR) is 47.5 cm³/mol. The molecule has 0 fully saturated rings. The van der Waals surface area contributed by atoms with E-state index in [2.05, 4.69) is 15.9 Å². The van der Waals surface area contributed by atoms with E-state index in [1.165, 1.54) is 0 Å². The van der Waals surface area contributed by atoms with Gasteiger partial charge in [0.2, 0.25) is 5.75 Å². The number of rotatable bonds is 1. The normalized spacial score (nSPS) is 11.5. The van der Waals surface area contributed by atoms with E-state index >= 15 is 0 Å². The van der Waals surface area contributed by atoms with Gasteiger partial charge in [-0.1, -0.05) is 15.9 Å². The molecular formula is C7H3BrF3NO3. The van der Waals surface area contributed by atoms with Crippen molar-refractivity contribution in [2.24, 2.45) is 0 Å². The summed E-state index contributed by atoms with van der Waals surface area (Å²) in [4.78, 5) is 9.22. The quantitative estimate of drug-likeness (QED) is 0.637. The van der Waals surface area contributed by atoms with Crippen molar-refractivity contribution in [3.8, 4) is 5.75 Å². The van der Waals surface area contributed by atoms with Gasteiger partial charge in [0, 0.05) is 10.5 Å². The Hall–Kier alpha value is -1.31. The van der Waals surface area contributed by atoms with Gasteiger partial charge in [-0.2, -0.15) is 13.2 Å². The average molecular weight is 286 g/mol. The Balaban J connectivity index is 3.49. The highest BCUT2D eigenvalue weighted by Crippen LogP contribution is 2.42. The summed E-state index contributed by atoms with van der Waals surface area (Å²) >= 11 is 2.69. The van der Waals surface area contributed by atoms with E-state index in [1.807, 2.05) is 0 Å². The first-order valence-corrected chi connectivity index (χ1v) is 4.27. The molecule has 15 heavy (non-hydrogen) atoms. The first-order valence-electron chi connectivity index (χ1n) is 3.47. The van der Waals surface area contributed by atoms with Crippen LogP contribution in [-0.4, -0.2) is 10.0 Å². The van der Waals surface area contributed by atoms with Crippen LogP contribution in [0, 0.1) is 10.1 Å². The van der Waals surface area contributed by atoms with Crippen LogP contribution >= 0.6 is 15.9 Å². The standard InChI is InChI=1S/C7H3BrF3NO3/c8-3-1-4(7(9,10)11)6(13)5(2-3)12(14)15/h1-2,13H. The van der Waals surface area contributed by atoms with E-state index in [0.717, 1.165) is 6.07 Å². The maximum absolute atomic E-state index is 12.3. The molecule has 0 amide bonds. The SMILES string of the molecule is O=[N+]([O-])c1cc(Br)cc(C(F)(F)F)c1O. The van der Waals surface area contributed by atoms with Crippen molar-refractivity contribution in [3.63, 3.8) is 0 Å². The molecule has 1 rings (SSSR count). The van der Waals surface area contributed by atoms with Crippen molar-refractivity contribution < 1.29 is 23.2 Å². The summed E-state index contributed by atoms with van der Waals surface area (Å²) < 4.78 is 36.7. The Bertz CT molecular complexity index is 419. The first kappa shape index (κ1) is 11.8. The summed E-state index contributed by atoms with van der Waals surface area (Å²) in [6.45, 7) is 0. The fraction of sp³-hybridized carbons (Fsp3) is 0.143. The third-order valence-corrected chi connectivity index (χ3v) is 2.01. The zero-order chi connectivity index (χ0) is 11.8. The second-order valence-electron chi connectivity index (χ2n) is 2.58. The zero-order valence-corrected chi connectivity index (χ0v) is 8.46. The molecule has 1 aromatic carbocycles. The largest absolute Gasteiger partial charge is 0.502 e. The van der Waals surface area contributed by atoms with Gasteiger partial charge in [-0.05, 0) is 6.07 Å². The van der Waals surface area contributed by atoms with Crippen molar-refractivity contribution >= 4 is 21.6 Å². The molecule has 0 aliphatic heterocycles. The van der Waals surface area contributed by atoms with Gasteiger partial charge in [-0.15, -0.1) is 0 Å². The van der Waals surface area contributed by atoms with E-state index in [0.29, 0.717) is 6.07 Å². The highest BCUT2D eigenvalue weighted by molar-refractivity contribution is 9.10. The lowest BCUT2D eigenvalue weighted by molar-refractivity contribution is -0.386. The van der Waals surface area contributed by atoms with Crippen molar-refractivity contribution in [1.82, 2.24) is 0 Å². The van der Waals surface area contributed by atoms with Gasteiger partial charge in [-0.25, -0.2) is 0 Å². The van der Waals surface area contributed by atoms with Gasteiger partial charge in [-0.3, -0.25) is 10.1 Å². The maximum Gasteiger partial charge on any atom is 0.420 e. The molecule has 1 aromatic rings. The Kier molecular flexibility index (Phi) is 2.89. The minimum atomic E-state index is -4.83. The predicted octanol–water partition coefficient (Wildman–Crippen LogP) is 3.08. The minimum absolute atomic E-state index is 0.126. The van der Waals surface area contributed by atoms with Gasteiger partial charge in [0.05, 0.1) is 4.92 Å². The highest BCUT2D eigenvalue weighted by Gasteiger charge is 2.37. The molecule has 0 unspecified atom stereocenters. The molecule has 0 saturated carbocycles. The van der Waals surface area contributed by atoms with Crippen LogP contribution in [0.4, 0.5) is 18.9 Å². The van der Waals surface area contributed by atoms with Crippen LogP contribution in [0.5, 0.6) is 5.75 Å². The summed E-state index contributed by atoms with van der Waals surface area (Å²) in [5.41, 5.74) is -2.43. The molecule has 8 heteroatoms. The number of halogens is 4. The third kappa shape index (κ3) is 2.38. The van der Waals surface area contributed by atoms with Crippen LogP contribution in [0.2, 0.25) is 0 Å². The monoisotopic (exact) mass is 285 g/mol. The Morgan fingerprint density at radius 1 is 1.40 bits per heavy atom. The lowest BCUT2D eigenvalue weighted by atomic mass is 10.1. The number of alkyl halides is 3. The number of nitro benzene ring substituents is 1. The fourth-order valence-electron chi connectivity index (χ4n) is 0.940. The summed E-state index contributed by atoms with van der Waals surface area (Å²) in [5, 5.41) is 19.3. The highest BCUT2D eigenvalue weighted by atomic mass is 79.9. The molecule has 4 nitrogen and oxygen atoms in total. The number of benzene rings is 1. The second-order valence-corrected chi connectivity index (χ2v) is 3.49. The van der Waals surface area contributed by atoms with Gasteiger partial charge in [0.15, 0.2) is 0 Å². The van der Waals surface area contributed by atoms with Crippen molar-refractivity contribution in [2.45, 2.75) is 6.18 Å². The zero-order valence-electron chi connectivity index (χ0n) is 6.88. The van der Waals surface area contributed by atoms with Crippen LogP contribution < -0.4 is 0 Å². The van der Waals surface area contributed by atoms with Crippen LogP contribution in [0.15, 0.2) is 16.6 Å². The van der Waals surface area contributed by atoms with Crippen molar-refractivity contribution in [1.29, 1.82) is 0 Å². The van der Waals surface area contributed by atoms with E-state index in [4.69, 9.17) is 5.11 Å². The van der Waals surface area contributed by atoms with E-state index in [1.54, 1.807) is 0 Å². The minimum Gasteiger partial charge on any atom is -0.502 e. The van der Waals surface area contributed by atoms with Crippen molar-refractivity contribution in [2.75, 3.05) is 0 Å². The fourth-order valence-corrected chi connectivity index (χ4v) is 1.39. The Labute approximate surface area is 89.6 Å². The van der Waals surface area contributed by atoms with Gasteiger partial charge in [0.25, 0.3) is 0 Å². The van der Waals surface area contributed by atoms with Crippen molar-refractivity contribution in [3.05, 3.63) is 32.3 Å². The molecule has 82 valence electrons. The molecule has 0 spiro atoms. The summed E-state index contributed by atoms with van der Waals surface area (Å²) in [5.74, 6) is -1.38. The number of aromatic hydroxyl groups is 1. The molecule has 0 aliphatic rings. The number of phenolic OH excluding ortho intramolecular Hbond substituents is 1. The van der Waals surface area contributed by atoms with Crippen LogP contribution in [0.1, 0.15) is 5.56 Å². The second kappa shape index (κ2) is 3.69. The number of hydrogen-bond donors (Lipinski definition) is 1. The third-order valence-electron chi connectivity index (χ3n) is 1.56. The van der Waals surface area contributed by atoms with Crippen LogP contribution in [0.25, 0.3) is 0 Å². The number of nitro groups is 1. The molecule has 0 atom stereocenters. The van der Waals surface area contributed by atoms with Gasteiger partial charge in [0.1, 0.15) is 5.56 Å². The topological polar surface area (TPSA) is 63.4 Å².